The molecule has 0 bridgehead atoms. The lowest BCUT2D eigenvalue weighted by molar-refractivity contribution is 0.160. The van der Waals surface area contributed by atoms with Gasteiger partial charge in [0.05, 0.1) is 6.10 Å². The molecule has 1 heterocycles. The third-order valence-corrected chi connectivity index (χ3v) is 3.34. The number of aromatic nitrogens is 2. The molecule has 0 aliphatic rings. The van der Waals surface area contributed by atoms with E-state index in [1.165, 1.54) is 5.56 Å². The number of β-amino-alcohol motifs (C(OH)–C–C–N with tert-alkyl or cyclic N) is 1. The first-order valence-corrected chi connectivity index (χ1v) is 7.01. The molecule has 1 aromatic heterocycles. The van der Waals surface area contributed by atoms with Crippen molar-refractivity contribution in [1.29, 1.82) is 0 Å². The first kappa shape index (κ1) is 15.4. The van der Waals surface area contributed by atoms with Crippen molar-refractivity contribution in [3.05, 3.63) is 53.9 Å². The number of hydrogen-bond donors (Lipinski definition) is 3. The molecule has 0 amide bonds. The number of benzene rings is 1. The molecular formula is C16H22N4O. The van der Waals surface area contributed by atoms with Gasteiger partial charge < -0.3 is 16.2 Å². The number of aliphatic hydroxyl groups is 1. The second kappa shape index (κ2) is 6.65. The summed E-state index contributed by atoms with van der Waals surface area (Å²) in [5.74, 6) is 0.211. The van der Waals surface area contributed by atoms with E-state index in [9.17, 15) is 5.11 Å². The fraction of sp³-hybridized carbons (Fsp3) is 0.375. The van der Waals surface area contributed by atoms with E-state index in [4.69, 9.17) is 5.73 Å². The first-order chi connectivity index (χ1) is 9.96. The number of nitrogen functional groups attached to an aromatic ring is 1. The summed E-state index contributed by atoms with van der Waals surface area (Å²) in [6.45, 7) is 4.67. The number of anilines is 1. The molecule has 0 aliphatic heterocycles. The van der Waals surface area contributed by atoms with Crippen LogP contribution in [0.25, 0.3) is 0 Å². The zero-order chi connectivity index (χ0) is 15.3. The molecule has 0 fully saturated rings. The molecule has 0 spiro atoms. The summed E-state index contributed by atoms with van der Waals surface area (Å²) in [6, 6.07) is 10.3. The summed E-state index contributed by atoms with van der Waals surface area (Å²) in [6.07, 6.45) is 3.34. The van der Waals surface area contributed by atoms with E-state index >= 15 is 0 Å². The molecule has 4 N–H and O–H groups in total. The summed E-state index contributed by atoms with van der Waals surface area (Å²) in [5, 5.41) is 13.5. The van der Waals surface area contributed by atoms with Crippen molar-refractivity contribution in [3.63, 3.8) is 0 Å². The molecule has 2 rings (SSSR count). The van der Waals surface area contributed by atoms with Crippen LogP contribution in [0.3, 0.4) is 0 Å². The van der Waals surface area contributed by atoms with Gasteiger partial charge in [0.2, 0.25) is 5.95 Å². The van der Waals surface area contributed by atoms with Crippen LogP contribution < -0.4 is 11.1 Å². The second-order valence-corrected chi connectivity index (χ2v) is 5.82. The highest BCUT2D eigenvalue weighted by atomic mass is 16.3. The average Bonchev–Trinajstić information content (AvgIpc) is 2.46. The van der Waals surface area contributed by atoms with E-state index in [1.54, 1.807) is 12.4 Å². The van der Waals surface area contributed by atoms with Crippen LogP contribution >= 0.6 is 0 Å². The van der Waals surface area contributed by atoms with Crippen LogP contribution in [0.15, 0.2) is 42.7 Å². The zero-order valence-electron chi connectivity index (χ0n) is 12.5. The Morgan fingerprint density at radius 3 is 2.43 bits per heavy atom. The zero-order valence-corrected chi connectivity index (χ0v) is 12.5. The Balaban J connectivity index is 1.90. The van der Waals surface area contributed by atoms with Gasteiger partial charge in [-0.3, -0.25) is 0 Å². The van der Waals surface area contributed by atoms with Gasteiger partial charge in [0.15, 0.2) is 0 Å². The van der Waals surface area contributed by atoms with Crippen LogP contribution in [0.4, 0.5) is 5.95 Å². The highest BCUT2D eigenvalue weighted by Gasteiger charge is 2.19. The highest BCUT2D eigenvalue weighted by molar-refractivity contribution is 5.19. The standard InChI is InChI=1S/C16H22N4O/c1-16(2,8-12-6-4-3-5-7-12)20-11-14(21)13-9-18-15(17)19-10-13/h3-7,9-10,14,20-21H,8,11H2,1-2H3,(H2,17,18,19). The molecule has 5 heteroatoms. The third kappa shape index (κ3) is 4.81. The Bertz CT molecular complexity index is 554. The Labute approximate surface area is 125 Å². The van der Waals surface area contributed by atoms with Crippen molar-refractivity contribution >= 4 is 5.95 Å². The van der Waals surface area contributed by atoms with Crippen LogP contribution in [0.2, 0.25) is 0 Å². The van der Waals surface area contributed by atoms with Gasteiger partial charge >= 0.3 is 0 Å². The average molecular weight is 286 g/mol. The largest absolute Gasteiger partial charge is 0.387 e. The van der Waals surface area contributed by atoms with Crippen LogP contribution in [-0.4, -0.2) is 27.2 Å². The number of aliphatic hydroxyl groups excluding tert-OH is 1. The van der Waals surface area contributed by atoms with Crippen molar-refractivity contribution in [3.8, 4) is 0 Å². The van der Waals surface area contributed by atoms with Crippen molar-refractivity contribution in [2.24, 2.45) is 0 Å². The lowest BCUT2D eigenvalue weighted by Gasteiger charge is -2.28. The predicted molar refractivity (Wildman–Crippen MR) is 83.6 cm³/mol. The van der Waals surface area contributed by atoms with E-state index in [0.717, 1.165) is 6.42 Å². The van der Waals surface area contributed by atoms with E-state index in [0.29, 0.717) is 12.1 Å². The fourth-order valence-electron chi connectivity index (χ4n) is 2.18. The number of hydrogen-bond acceptors (Lipinski definition) is 5. The molecule has 5 nitrogen and oxygen atoms in total. The molecule has 0 saturated carbocycles. The Morgan fingerprint density at radius 1 is 1.19 bits per heavy atom. The fourth-order valence-corrected chi connectivity index (χ4v) is 2.18. The maximum Gasteiger partial charge on any atom is 0.219 e. The van der Waals surface area contributed by atoms with Crippen molar-refractivity contribution in [1.82, 2.24) is 15.3 Å². The molecule has 0 saturated heterocycles. The molecule has 1 aromatic carbocycles. The summed E-state index contributed by atoms with van der Waals surface area (Å²) in [4.78, 5) is 7.78. The lowest BCUT2D eigenvalue weighted by Crippen LogP contribution is -2.43. The SMILES string of the molecule is CC(C)(Cc1ccccc1)NCC(O)c1cnc(N)nc1. The van der Waals surface area contributed by atoms with E-state index in [-0.39, 0.29) is 11.5 Å². The number of rotatable bonds is 6. The van der Waals surface area contributed by atoms with Gasteiger partial charge in [0.25, 0.3) is 0 Å². The van der Waals surface area contributed by atoms with Crippen LogP contribution in [0.5, 0.6) is 0 Å². The van der Waals surface area contributed by atoms with Gasteiger partial charge in [-0.15, -0.1) is 0 Å². The summed E-state index contributed by atoms with van der Waals surface area (Å²) in [5.41, 5.74) is 7.25. The van der Waals surface area contributed by atoms with Crippen molar-refractivity contribution in [2.45, 2.75) is 31.9 Å². The Morgan fingerprint density at radius 2 is 1.81 bits per heavy atom. The number of nitrogens with two attached hydrogens (primary N) is 1. The molecule has 2 aromatic rings. The summed E-state index contributed by atoms with van der Waals surface area (Å²) < 4.78 is 0. The topological polar surface area (TPSA) is 84.1 Å². The van der Waals surface area contributed by atoms with Gasteiger partial charge in [-0.1, -0.05) is 30.3 Å². The maximum absolute atomic E-state index is 10.2. The molecule has 21 heavy (non-hydrogen) atoms. The second-order valence-electron chi connectivity index (χ2n) is 5.82. The maximum atomic E-state index is 10.2. The monoisotopic (exact) mass is 286 g/mol. The van der Waals surface area contributed by atoms with Gasteiger partial charge in [0.1, 0.15) is 0 Å². The first-order valence-electron chi connectivity index (χ1n) is 7.01. The quantitative estimate of drug-likeness (QED) is 0.753. The number of nitrogens with zero attached hydrogens (tertiary/aromatic N) is 2. The van der Waals surface area contributed by atoms with Crippen molar-refractivity contribution < 1.29 is 5.11 Å². The van der Waals surface area contributed by atoms with Crippen LogP contribution in [0, 0.1) is 0 Å². The predicted octanol–water partition coefficient (Wildman–Crippen LogP) is 1.70. The molecule has 0 aliphatic carbocycles. The van der Waals surface area contributed by atoms with Crippen LogP contribution in [0.1, 0.15) is 31.1 Å². The smallest absolute Gasteiger partial charge is 0.219 e. The van der Waals surface area contributed by atoms with E-state index < -0.39 is 6.10 Å². The minimum Gasteiger partial charge on any atom is -0.387 e. The van der Waals surface area contributed by atoms with Gasteiger partial charge in [-0.25, -0.2) is 9.97 Å². The Hall–Kier alpha value is -1.98. The molecule has 112 valence electrons. The molecule has 1 atom stereocenters. The van der Waals surface area contributed by atoms with E-state index in [2.05, 4.69) is 41.3 Å². The third-order valence-electron chi connectivity index (χ3n) is 3.34. The molecule has 1 unspecified atom stereocenters. The lowest BCUT2D eigenvalue weighted by atomic mass is 9.94. The van der Waals surface area contributed by atoms with Gasteiger partial charge in [-0.05, 0) is 25.8 Å². The molecular weight excluding hydrogens is 264 g/mol. The minimum atomic E-state index is -0.652. The summed E-state index contributed by atoms with van der Waals surface area (Å²) in [7, 11) is 0. The van der Waals surface area contributed by atoms with Crippen LogP contribution in [-0.2, 0) is 6.42 Å². The van der Waals surface area contributed by atoms with Crippen molar-refractivity contribution in [2.75, 3.05) is 12.3 Å². The van der Waals surface area contributed by atoms with Gasteiger partial charge in [0, 0.05) is 30.0 Å². The van der Waals surface area contributed by atoms with Gasteiger partial charge in [-0.2, -0.15) is 0 Å². The minimum absolute atomic E-state index is 0.114. The normalized spacial score (nSPS) is 13.1. The highest BCUT2D eigenvalue weighted by Crippen LogP contribution is 2.15. The molecule has 0 radical (unpaired) electrons. The Kier molecular flexibility index (Phi) is 4.88. The van der Waals surface area contributed by atoms with E-state index in [1.807, 2.05) is 18.2 Å². The number of nitrogens with one attached hydrogen (secondary N) is 1. The summed E-state index contributed by atoms with van der Waals surface area (Å²) >= 11 is 0.